The third kappa shape index (κ3) is 3.56. The maximum Gasteiger partial charge on any atom is 0.311 e. The fourth-order valence-corrected chi connectivity index (χ4v) is 3.75. The van der Waals surface area contributed by atoms with Gasteiger partial charge in [0.1, 0.15) is 0 Å². The molecule has 20 heavy (non-hydrogen) atoms. The molecule has 1 fully saturated rings. The van der Waals surface area contributed by atoms with Crippen molar-refractivity contribution in [2.75, 3.05) is 18.2 Å². The maximum atomic E-state index is 10.9. The molecule has 0 bridgehead atoms. The van der Waals surface area contributed by atoms with Crippen molar-refractivity contribution in [3.05, 3.63) is 28.3 Å². The molecule has 5 nitrogen and oxygen atoms in total. The fraction of sp³-hybridized carbons (Fsp3) is 0.571. The lowest BCUT2D eigenvalue weighted by atomic mass is 10.2. The van der Waals surface area contributed by atoms with Crippen LogP contribution in [-0.4, -0.2) is 29.1 Å². The molecule has 6 heteroatoms. The van der Waals surface area contributed by atoms with Crippen LogP contribution < -0.4 is 10.1 Å². The van der Waals surface area contributed by atoms with E-state index in [0.717, 1.165) is 29.5 Å². The van der Waals surface area contributed by atoms with Crippen LogP contribution in [0.15, 0.2) is 18.2 Å². The molecule has 1 aliphatic rings. The number of nitrogens with one attached hydrogen (secondary N) is 1. The molecule has 1 N–H and O–H groups in total. The summed E-state index contributed by atoms with van der Waals surface area (Å²) in [6.45, 7) is 2.19. The van der Waals surface area contributed by atoms with Gasteiger partial charge < -0.3 is 10.1 Å². The summed E-state index contributed by atoms with van der Waals surface area (Å²) in [6.07, 6.45) is 3.54. The quantitative estimate of drug-likeness (QED) is 0.640. The van der Waals surface area contributed by atoms with Crippen LogP contribution >= 0.6 is 11.8 Å². The third-order valence-corrected chi connectivity index (χ3v) is 4.77. The topological polar surface area (TPSA) is 64.4 Å². The first-order valence-electron chi connectivity index (χ1n) is 6.84. The highest BCUT2D eigenvalue weighted by atomic mass is 32.2. The number of methoxy groups -OCH3 is 1. The first kappa shape index (κ1) is 15.0. The van der Waals surface area contributed by atoms with Crippen molar-refractivity contribution >= 4 is 23.1 Å². The Morgan fingerprint density at radius 1 is 1.50 bits per heavy atom. The number of hydrogen-bond acceptors (Lipinski definition) is 5. The van der Waals surface area contributed by atoms with E-state index < -0.39 is 4.92 Å². The van der Waals surface area contributed by atoms with Gasteiger partial charge >= 0.3 is 5.69 Å². The molecule has 1 saturated carbocycles. The number of nitrogens with zero attached hydrogens (tertiary/aromatic N) is 1. The van der Waals surface area contributed by atoms with Crippen molar-refractivity contribution in [1.29, 1.82) is 0 Å². The minimum atomic E-state index is -0.425. The average Bonchev–Trinajstić information content (AvgIpc) is 2.86. The molecule has 0 amide bonds. The molecule has 0 radical (unpaired) electrons. The maximum absolute atomic E-state index is 10.9. The first-order chi connectivity index (χ1) is 9.63. The van der Waals surface area contributed by atoms with Crippen LogP contribution in [0.2, 0.25) is 0 Å². The Bertz CT molecular complexity index is 481. The molecule has 2 rings (SSSR count). The Balaban J connectivity index is 2.02. The summed E-state index contributed by atoms with van der Waals surface area (Å²) < 4.78 is 5.09. The van der Waals surface area contributed by atoms with Gasteiger partial charge in [0.05, 0.1) is 12.0 Å². The van der Waals surface area contributed by atoms with Gasteiger partial charge in [-0.25, -0.2) is 0 Å². The number of thioether (sulfide) groups is 1. The number of anilines is 1. The second-order valence-electron chi connectivity index (χ2n) is 4.88. The highest BCUT2D eigenvalue weighted by molar-refractivity contribution is 7.99. The van der Waals surface area contributed by atoms with E-state index in [4.69, 9.17) is 4.74 Å². The highest BCUT2D eigenvalue weighted by Gasteiger charge is 2.25. The molecule has 0 heterocycles. The van der Waals surface area contributed by atoms with E-state index in [-0.39, 0.29) is 5.69 Å². The summed E-state index contributed by atoms with van der Waals surface area (Å²) in [7, 11) is 1.45. The Hall–Kier alpha value is -1.43. The summed E-state index contributed by atoms with van der Waals surface area (Å²) >= 11 is 2.01. The van der Waals surface area contributed by atoms with Gasteiger partial charge in [0, 0.05) is 29.1 Å². The second-order valence-corrected chi connectivity index (χ2v) is 6.45. The molecule has 1 aliphatic carbocycles. The van der Waals surface area contributed by atoms with E-state index >= 15 is 0 Å². The molecular formula is C14H20N2O3S. The van der Waals surface area contributed by atoms with Crippen LogP contribution in [0.3, 0.4) is 0 Å². The van der Waals surface area contributed by atoms with E-state index in [1.807, 2.05) is 11.8 Å². The Morgan fingerprint density at radius 3 is 2.95 bits per heavy atom. The Morgan fingerprint density at radius 2 is 2.30 bits per heavy atom. The molecule has 0 aliphatic heterocycles. The SMILES string of the molecule is CCSC1CCC(Nc2ccc([N+](=O)[O-])c(OC)c2)C1. The fourth-order valence-electron chi connectivity index (χ4n) is 2.61. The van der Waals surface area contributed by atoms with Crippen molar-refractivity contribution in [2.24, 2.45) is 0 Å². The van der Waals surface area contributed by atoms with Crippen LogP contribution in [0.4, 0.5) is 11.4 Å². The molecule has 110 valence electrons. The predicted molar refractivity (Wildman–Crippen MR) is 82.8 cm³/mol. The van der Waals surface area contributed by atoms with Crippen molar-refractivity contribution in [3.8, 4) is 5.75 Å². The van der Waals surface area contributed by atoms with Gasteiger partial charge in [-0.2, -0.15) is 11.8 Å². The smallest absolute Gasteiger partial charge is 0.311 e. The van der Waals surface area contributed by atoms with Crippen LogP contribution in [-0.2, 0) is 0 Å². The lowest BCUT2D eigenvalue weighted by Crippen LogP contribution is -2.16. The number of benzene rings is 1. The molecular weight excluding hydrogens is 276 g/mol. The first-order valence-corrected chi connectivity index (χ1v) is 7.89. The zero-order chi connectivity index (χ0) is 14.5. The zero-order valence-electron chi connectivity index (χ0n) is 11.8. The van der Waals surface area contributed by atoms with Crippen molar-refractivity contribution in [3.63, 3.8) is 0 Å². The minimum absolute atomic E-state index is 0.00360. The number of nitro groups is 1. The predicted octanol–water partition coefficient (Wildman–Crippen LogP) is 3.69. The van der Waals surface area contributed by atoms with E-state index in [2.05, 4.69) is 12.2 Å². The molecule has 2 unspecified atom stereocenters. The third-order valence-electron chi connectivity index (χ3n) is 3.53. The largest absolute Gasteiger partial charge is 0.490 e. The van der Waals surface area contributed by atoms with Gasteiger partial charge in [0.15, 0.2) is 5.75 Å². The summed E-state index contributed by atoms with van der Waals surface area (Å²) in [4.78, 5) is 10.4. The van der Waals surface area contributed by atoms with Gasteiger partial charge in [-0.15, -0.1) is 0 Å². The Kier molecular flexibility index (Phi) is 5.11. The Labute approximate surface area is 123 Å². The number of hydrogen-bond donors (Lipinski definition) is 1. The van der Waals surface area contributed by atoms with Crippen molar-refractivity contribution < 1.29 is 9.66 Å². The number of rotatable bonds is 6. The van der Waals surface area contributed by atoms with Crippen LogP contribution in [0.25, 0.3) is 0 Å². The monoisotopic (exact) mass is 296 g/mol. The van der Waals surface area contributed by atoms with Crippen LogP contribution in [0.5, 0.6) is 5.75 Å². The van der Waals surface area contributed by atoms with E-state index in [1.54, 1.807) is 12.1 Å². The normalized spacial score (nSPS) is 21.7. The molecule has 1 aromatic rings. The summed E-state index contributed by atoms with van der Waals surface area (Å²) in [5.74, 6) is 1.46. The minimum Gasteiger partial charge on any atom is -0.490 e. The van der Waals surface area contributed by atoms with Crippen molar-refractivity contribution in [1.82, 2.24) is 0 Å². The molecule has 0 aromatic heterocycles. The van der Waals surface area contributed by atoms with E-state index in [9.17, 15) is 10.1 Å². The number of nitro benzene ring substituents is 1. The summed E-state index contributed by atoms with van der Waals surface area (Å²) in [5.41, 5.74) is 0.892. The molecule has 0 spiro atoms. The number of ether oxygens (including phenoxy) is 1. The second kappa shape index (κ2) is 6.83. The van der Waals surface area contributed by atoms with E-state index in [0.29, 0.717) is 11.8 Å². The van der Waals surface area contributed by atoms with Gasteiger partial charge in [-0.1, -0.05) is 6.92 Å². The summed E-state index contributed by atoms with van der Waals surface area (Å²) in [5, 5.41) is 15.0. The van der Waals surface area contributed by atoms with Gasteiger partial charge in [-0.05, 0) is 31.1 Å². The molecule has 0 saturated heterocycles. The lowest BCUT2D eigenvalue weighted by Gasteiger charge is -2.15. The molecule has 1 aromatic carbocycles. The standard InChI is InChI=1S/C14H20N2O3S/c1-3-20-12-6-4-10(8-12)15-11-5-7-13(16(17)18)14(9-11)19-2/h5,7,9-10,12,15H,3-4,6,8H2,1-2H3. The van der Waals surface area contributed by atoms with Gasteiger partial charge in [-0.3, -0.25) is 10.1 Å². The van der Waals surface area contributed by atoms with Gasteiger partial charge in [0.2, 0.25) is 0 Å². The van der Waals surface area contributed by atoms with Gasteiger partial charge in [0.25, 0.3) is 0 Å². The molecule has 2 atom stereocenters. The summed E-state index contributed by atoms with van der Waals surface area (Å²) in [6, 6.07) is 5.40. The van der Waals surface area contributed by atoms with Crippen LogP contribution in [0.1, 0.15) is 26.2 Å². The van der Waals surface area contributed by atoms with E-state index in [1.165, 1.54) is 19.6 Å². The average molecular weight is 296 g/mol. The van der Waals surface area contributed by atoms with Crippen molar-refractivity contribution in [2.45, 2.75) is 37.5 Å². The van der Waals surface area contributed by atoms with Crippen LogP contribution in [0, 0.1) is 10.1 Å². The lowest BCUT2D eigenvalue weighted by molar-refractivity contribution is -0.385. The zero-order valence-corrected chi connectivity index (χ0v) is 12.6. The highest BCUT2D eigenvalue weighted by Crippen LogP contribution is 2.34.